The number of rotatable bonds is 5. The summed E-state index contributed by atoms with van der Waals surface area (Å²) < 4.78 is 8.24. The molecule has 2 aliphatic heterocycles. The van der Waals surface area contributed by atoms with Crippen LogP contribution in [0.4, 0.5) is 5.69 Å². The van der Waals surface area contributed by atoms with Crippen LogP contribution in [0.3, 0.4) is 0 Å². The first-order valence-electron chi connectivity index (χ1n) is 10.5. The Balaban J connectivity index is 1.58. The van der Waals surface area contributed by atoms with Crippen molar-refractivity contribution in [1.82, 2.24) is 14.9 Å². The van der Waals surface area contributed by atoms with Crippen LogP contribution in [0.25, 0.3) is 0 Å². The Morgan fingerprint density at radius 3 is 2.87 bits per heavy atom. The van der Waals surface area contributed by atoms with Crippen molar-refractivity contribution >= 4 is 23.0 Å². The lowest BCUT2D eigenvalue weighted by Crippen LogP contribution is -2.31. The number of aromatic nitrogens is 2. The van der Waals surface area contributed by atoms with Crippen LogP contribution >= 0.6 is 12.2 Å². The van der Waals surface area contributed by atoms with Gasteiger partial charge in [0.1, 0.15) is 6.04 Å². The number of ether oxygens (including phenoxy) is 1. The second-order valence-corrected chi connectivity index (χ2v) is 8.44. The lowest BCUT2D eigenvalue weighted by molar-refractivity contribution is 0.0961. The third-order valence-electron chi connectivity index (χ3n) is 5.97. The standard InChI is InChI=1S/C24H26N4OS/c1-17-7-4-8-18(15-17)28-23(22(26-24(28)30)20-10-2-3-12-25-20)21-11-5-13-27(21)16-19-9-6-14-29-19/h2-5,7-8,10-13,15,19,22-23H,6,9,14,16H2,1H3,(H,26,30)/t19-,22+,23-/m0/s1. The van der Waals surface area contributed by atoms with Crippen molar-refractivity contribution in [2.75, 3.05) is 11.5 Å². The van der Waals surface area contributed by atoms with Crippen molar-refractivity contribution in [1.29, 1.82) is 0 Å². The summed E-state index contributed by atoms with van der Waals surface area (Å²) in [6, 6.07) is 18.9. The molecule has 0 unspecified atom stereocenters. The minimum atomic E-state index is -0.0302. The molecule has 2 saturated heterocycles. The Morgan fingerprint density at radius 1 is 1.17 bits per heavy atom. The minimum absolute atomic E-state index is 0.00519. The maximum Gasteiger partial charge on any atom is 0.174 e. The Labute approximate surface area is 182 Å². The van der Waals surface area contributed by atoms with Gasteiger partial charge in [-0.15, -0.1) is 0 Å². The van der Waals surface area contributed by atoms with E-state index in [0.717, 1.165) is 42.5 Å². The second-order valence-electron chi connectivity index (χ2n) is 8.06. The predicted octanol–water partition coefficient (Wildman–Crippen LogP) is 4.55. The number of aryl methyl sites for hydroxylation is 1. The van der Waals surface area contributed by atoms with Gasteiger partial charge in [0, 0.05) is 36.9 Å². The van der Waals surface area contributed by atoms with Gasteiger partial charge in [-0.1, -0.05) is 18.2 Å². The number of thiocarbonyl (C=S) groups is 1. The monoisotopic (exact) mass is 418 g/mol. The first-order chi connectivity index (χ1) is 14.7. The van der Waals surface area contributed by atoms with Crippen molar-refractivity contribution in [3.8, 4) is 0 Å². The van der Waals surface area contributed by atoms with Crippen LogP contribution in [0, 0.1) is 6.92 Å². The molecule has 2 aromatic heterocycles. The summed E-state index contributed by atoms with van der Waals surface area (Å²) in [5.41, 5.74) is 4.52. The molecule has 2 aliphatic rings. The van der Waals surface area contributed by atoms with Gasteiger partial charge in [-0.05, 0) is 73.9 Å². The van der Waals surface area contributed by atoms with Gasteiger partial charge < -0.3 is 19.5 Å². The lowest BCUT2D eigenvalue weighted by Gasteiger charge is -2.29. The summed E-state index contributed by atoms with van der Waals surface area (Å²) in [5.74, 6) is 0. The van der Waals surface area contributed by atoms with E-state index in [2.05, 4.69) is 75.4 Å². The molecule has 1 aromatic carbocycles. The summed E-state index contributed by atoms with van der Waals surface area (Å²) in [5, 5.41) is 4.28. The number of hydrogen-bond donors (Lipinski definition) is 1. The van der Waals surface area contributed by atoms with Gasteiger partial charge in [0.25, 0.3) is 0 Å². The highest BCUT2D eigenvalue weighted by molar-refractivity contribution is 7.80. The van der Waals surface area contributed by atoms with Crippen LogP contribution in [-0.4, -0.2) is 27.4 Å². The Bertz CT molecular complexity index is 1030. The maximum atomic E-state index is 5.92. The van der Waals surface area contributed by atoms with E-state index in [-0.39, 0.29) is 18.2 Å². The predicted molar refractivity (Wildman–Crippen MR) is 123 cm³/mol. The van der Waals surface area contributed by atoms with Gasteiger partial charge in [0.05, 0.1) is 17.8 Å². The number of anilines is 1. The fourth-order valence-electron chi connectivity index (χ4n) is 4.58. The average Bonchev–Trinajstić information content (AvgIpc) is 3.49. The molecule has 0 spiro atoms. The van der Waals surface area contributed by atoms with E-state index in [9.17, 15) is 0 Å². The number of nitrogens with zero attached hydrogens (tertiary/aromatic N) is 3. The smallest absolute Gasteiger partial charge is 0.174 e. The van der Waals surface area contributed by atoms with Crippen LogP contribution in [0.15, 0.2) is 67.0 Å². The fourth-order valence-corrected chi connectivity index (χ4v) is 4.93. The third-order valence-corrected chi connectivity index (χ3v) is 6.28. The highest BCUT2D eigenvalue weighted by atomic mass is 32.1. The van der Waals surface area contributed by atoms with E-state index >= 15 is 0 Å². The van der Waals surface area contributed by atoms with E-state index in [4.69, 9.17) is 17.0 Å². The van der Waals surface area contributed by atoms with Crippen LogP contribution < -0.4 is 10.2 Å². The van der Waals surface area contributed by atoms with E-state index in [0.29, 0.717) is 0 Å². The zero-order valence-corrected chi connectivity index (χ0v) is 17.9. The zero-order chi connectivity index (χ0) is 20.5. The maximum absolute atomic E-state index is 5.92. The van der Waals surface area contributed by atoms with E-state index in [1.54, 1.807) is 0 Å². The first kappa shape index (κ1) is 19.3. The van der Waals surface area contributed by atoms with Crippen LogP contribution in [0.2, 0.25) is 0 Å². The molecule has 3 atom stereocenters. The highest BCUT2D eigenvalue weighted by Crippen LogP contribution is 2.41. The van der Waals surface area contributed by atoms with Crippen molar-refractivity contribution in [3.63, 3.8) is 0 Å². The van der Waals surface area contributed by atoms with Gasteiger partial charge in [0.15, 0.2) is 5.11 Å². The molecule has 3 aromatic rings. The lowest BCUT2D eigenvalue weighted by atomic mass is 10.0. The van der Waals surface area contributed by atoms with E-state index < -0.39 is 0 Å². The topological polar surface area (TPSA) is 42.3 Å². The molecule has 154 valence electrons. The molecule has 6 heteroatoms. The number of hydrogen-bond acceptors (Lipinski definition) is 3. The van der Waals surface area contributed by atoms with Crippen molar-refractivity contribution in [2.24, 2.45) is 0 Å². The van der Waals surface area contributed by atoms with Gasteiger partial charge in [-0.25, -0.2) is 0 Å². The first-order valence-corrected chi connectivity index (χ1v) is 11.0. The summed E-state index contributed by atoms with van der Waals surface area (Å²) in [4.78, 5) is 6.89. The van der Waals surface area contributed by atoms with Gasteiger partial charge in [-0.2, -0.15) is 0 Å². The quantitative estimate of drug-likeness (QED) is 0.616. The minimum Gasteiger partial charge on any atom is -0.376 e. The summed E-state index contributed by atoms with van der Waals surface area (Å²) in [6.07, 6.45) is 6.53. The molecule has 5 nitrogen and oxygen atoms in total. The van der Waals surface area contributed by atoms with Crippen LogP contribution in [0.1, 0.15) is 41.9 Å². The Kier molecular flexibility index (Phi) is 5.27. The summed E-state index contributed by atoms with van der Waals surface area (Å²) >= 11 is 5.83. The van der Waals surface area contributed by atoms with Gasteiger partial charge in [-0.3, -0.25) is 4.98 Å². The van der Waals surface area contributed by atoms with E-state index in [1.807, 2.05) is 18.3 Å². The SMILES string of the molecule is Cc1cccc(N2C(=S)N[C@H](c3ccccn3)[C@@H]2c2cccn2C[C@@H]2CCCO2)c1. The van der Waals surface area contributed by atoms with E-state index in [1.165, 1.54) is 11.3 Å². The Hall–Kier alpha value is -2.70. The molecule has 5 rings (SSSR count). The molecule has 0 amide bonds. The van der Waals surface area contributed by atoms with Crippen LogP contribution in [0.5, 0.6) is 0 Å². The van der Waals surface area contributed by atoms with Crippen molar-refractivity contribution in [2.45, 2.75) is 44.5 Å². The average molecular weight is 419 g/mol. The van der Waals surface area contributed by atoms with Gasteiger partial charge in [0.2, 0.25) is 0 Å². The molecular weight excluding hydrogens is 392 g/mol. The molecule has 0 radical (unpaired) electrons. The molecule has 30 heavy (non-hydrogen) atoms. The fraction of sp³-hybridized carbons (Fsp3) is 0.333. The van der Waals surface area contributed by atoms with Gasteiger partial charge >= 0.3 is 0 Å². The van der Waals surface area contributed by atoms with Crippen molar-refractivity contribution in [3.05, 3.63) is 83.9 Å². The zero-order valence-electron chi connectivity index (χ0n) is 17.1. The number of benzene rings is 1. The van der Waals surface area contributed by atoms with Crippen LogP contribution in [-0.2, 0) is 11.3 Å². The molecule has 0 bridgehead atoms. The molecule has 4 heterocycles. The normalized spacial score (nSPS) is 23.7. The van der Waals surface area contributed by atoms with Crippen molar-refractivity contribution < 1.29 is 4.74 Å². The largest absolute Gasteiger partial charge is 0.376 e. The molecule has 0 saturated carbocycles. The number of nitrogens with one attached hydrogen (secondary N) is 1. The third kappa shape index (κ3) is 3.61. The molecular formula is C24H26N4OS. The molecule has 1 N–H and O–H groups in total. The summed E-state index contributed by atoms with van der Waals surface area (Å²) in [7, 11) is 0. The number of pyridine rings is 1. The molecule has 0 aliphatic carbocycles. The Morgan fingerprint density at radius 2 is 2.10 bits per heavy atom. The highest BCUT2D eigenvalue weighted by Gasteiger charge is 2.42. The second kappa shape index (κ2) is 8.20. The summed E-state index contributed by atoms with van der Waals surface area (Å²) in [6.45, 7) is 3.84. The molecule has 2 fully saturated rings.